The van der Waals surface area contributed by atoms with Crippen molar-refractivity contribution < 1.29 is 13.2 Å². The monoisotopic (exact) mass is 341 g/mol. The highest BCUT2D eigenvalue weighted by Crippen LogP contribution is 2.29. The summed E-state index contributed by atoms with van der Waals surface area (Å²) in [4.78, 5) is 9.27. The number of fused-ring (bicyclic) bond motifs is 1. The number of aromatic nitrogens is 2. The zero-order valence-corrected chi connectivity index (χ0v) is 13.2. The molecular formula is C16H15ClF3N3. The molecule has 2 heterocycles. The summed E-state index contributed by atoms with van der Waals surface area (Å²) in [6.07, 6.45) is -2.73. The number of hydrogen-bond donors (Lipinski definition) is 0. The molecule has 0 unspecified atom stereocenters. The Morgan fingerprint density at radius 3 is 2.78 bits per heavy atom. The standard InChI is InChI=1S/C16H15ClF3N3/c1-10-3-2-4-13(17)12(10)9-23-6-5-14-11(8-23)7-21-15(22-14)16(18,19)20/h2-4,7H,5-6,8-9H2,1H3. The maximum Gasteiger partial charge on any atom is 0.451 e. The maximum absolute atomic E-state index is 12.7. The molecule has 0 radical (unpaired) electrons. The van der Waals surface area contributed by atoms with Crippen LogP contribution in [0.15, 0.2) is 24.4 Å². The first-order chi connectivity index (χ1) is 10.8. The van der Waals surface area contributed by atoms with Crippen molar-refractivity contribution in [2.24, 2.45) is 0 Å². The van der Waals surface area contributed by atoms with Gasteiger partial charge in [-0.2, -0.15) is 13.2 Å². The van der Waals surface area contributed by atoms with E-state index in [1.165, 1.54) is 6.20 Å². The lowest BCUT2D eigenvalue weighted by Gasteiger charge is -2.29. The third kappa shape index (κ3) is 3.48. The number of halogens is 4. The van der Waals surface area contributed by atoms with Gasteiger partial charge in [0.05, 0.1) is 5.69 Å². The molecule has 0 saturated carbocycles. The Labute approximate surface area is 137 Å². The van der Waals surface area contributed by atoms with Gasteiger partial charge in [-0.1, -0.05) is 23.7 Å². The third-order valence-electron chi connectivity index (χ3n) is 4.00. The summed E-state index contributed by atoms with van der Waals surface area (Å²) in [7, 11) is 0. The minimum Gasteiger partial charge on any atom is -0.294 e. The molecule has 0 fully saturated rings. The number of rotatable bonds is 2. The van der Waals surface area contributed by atoms with Gasteiger partial charge in [0.25, 0.3) is 0 Å². The molecule has 23 heavy (non-hydrogen) atoms. The first-order valence-electron chi connectivity index (χ1n) is 7.23. The van der Waals surface area contributed by atoms with E-state index in [2.05, 4.69) is 14.9 Å². The molecule has 1 aromatic heterocycles. The average molecular weight is 342 g/mol. The second kappa shape index (κ2) is 6.09. The van der Waals surface area contributed by atoms with Crippen molar-refractivity contribution in [1.29, 1.82) is 0 Å². The van der Waals surface area contributed by atoms with E-state index >= 15 is 0 Å². The van der Waals surface area contributed by atoms with E-state index in [-0.39, 0.29) is 0 Å². The molecule has 0 aliphatic carbocycles. The predicted octanol–water partition coefficient (Wildman–Crippen LogP) is 4.02. The average Bonchev–Trinajstić information content (AvgIpc) is 2.49. The predicted molar refractivity (Wildman–Crippen MR) is 81.0 cm³/mol. The van der Waals surface area contributed by atoms with Gasteiger partial charge in [-0.25, -0.2) is 9.97 Å². The second-order valence-electron chi connectivity index (χ2n) is 5.66. The van der Waals surface area contributed by atoms with Crippen LogP contribution in [0.4, 0.5) is 13.2 Å². The smallest absolute Gasteiger partial charge is 0.294 e. The van der Waals surface area contributed by atoms with Gasteiger partial charge in [0.15, 0.2) is 0 Å². The van der Waals surface area contributed by atoms with Crippen molar-refractivity contribution in [1.82, 2.24) is 14.9 Å². The highest BCUT2D eigenvalue weighted by molar-refractivity contribution is 6.31. The fourth-order valence-corrected chi connectivity index (χ4v) is 3.02. The molecule has 3 rings (SSSR count). The molecule has 0 saturated heterocycles. The summed E-state index contributed by atoms with van der Waals surface area (Å²) >= 11 is 6.24. The van der Waals surface area contributed by atoms with Crippen molar-refractivity contribution >= 4 is 11.6 Å². The lowest BCUT2D eigenvalue weighted by atomic mass is 10.0. The zero-order chi connectivity index (χ0) is 16.6. The van der Waals surface area contributed by atoms with Crippen LogP contribution in [0.3, 0.4) is 0 Å². The number of nitrogens with zero attached hydrogens (tertiary/aromatic N) is 3. The normalized spacial score (nSPS) is 15.5. The molecule has 0 N–H and O–H groups in total. The molecule has 1 aromatic carbocycles. The molecule has 0 bridgehead atoms. The summed E-state index contributed by atoms with van der Waals surface area (Å²) < 4.78 is 38.0. The van der Waals surface area contributed by atoms with Crippen molar-refractivity contribution in [3.63, 3.8) is 0 Å². The summed E-state index contributed by atoms with van der Waals surface area (Å²) in [5.41, 5.74) is 3.38. The summed E-state index contributed by atoms with van der Waals surface area (Å²) in [5, 5.41) is 0.708. The SMILES string of the molecule is Cc1cccc(Cl)c1CN1CCc2nc(C(F)(F)F)ncc2C1. The largest absolute Gasteiger partial charge is 0.451 e. The summed E-state index contributed by atoms with van der Waals surface area (Å²) in [5.74, 6) is -1.06. The van der Waals surface area contributed by atoms with Gasteiger partial charge in [0, 0.05) is 42.8 Å². The van der Waals surface area contributed by atoms with E-state index in [1.807, 2.05) is 25.1 Å². The van der Waals surface area contributed by atoms with Crippen LogP contribution >= 0.6 is 11.6 Å². The first kappa shape index (κ1) is 16.2. The first-order valence-corrected chi connectivity index (χ1v) is 7.60. The van der Waals surface area contributed by atoms with E-state index in [0.717, 1.165) is 16.7 Å². The molecule has 0 spiro atoms. The van der Waals surface area contributed by atoms with Gasteiger partial charge < -0.3 is 0 Å². The third-order valence-corrected chi connectivity index (χ3v) is 4.36. The molecule has 7 heteroatoms. The molecule has 1 aliphatic rings. The van der Waals surface area contributed by atoms with Crippen molar-refractivity contribution in [3.8, 4) is 0 Å². The van der Waals surface area contributed by atoms with Gasteiger partial charge in [-0.3, -0.25) is 4.90 Å². The van der Waals surface area contributed by atoms with Gasteiger partial charge in [-0.05, 0) is 24.1 Å². The molecule has 1 aliphatic heterocycles. The number of aryl methyl sites for hydroxylation is 1. The highest BCUT2D eigenvalue weighted by atomic mass is 35.5. The fraction of sp³-hybridized carbons (Fsp3) is 0.375. The van der Waals surface area contributed by atoms with Crippen LogP contribution in [0.2, 0.25) is 5.02 Å². The maximum atomic E-state index is 12.7. The fourth-order valence-electron chi connectivity index (χ4n) is 2.74. The van der Waals surface area contributed by atoms with E-state index in [1.54, 1.807) is 0 Å². The molecule has 122 valence electrons. The summed E-state index contributed by atoms with van der Waals surface area (Å²) in [6.45, 7) is 3.83. The molecule has 0 amide bonds. The number of alkyl halides is 3. The van der Waals surface area contributed by atoms with E-state index in [9.17, 15) is 13.2 Å². The number of benzene rings is 1. The zero-order valence-electron chi connectivity index (χ0n) is 12.5. The van der Waals surface area contributed by atoms with Crippen LogP contribution < -0.4 is 0 Å². The van der Waals surface area contributed by atoms with E-state index in [0.29, 0.717) is 36.8 Å². The van der Waals surface area contributed by atoms with Gasteiger partial charge in [0.1, 0.15) is 0 Å². The summed E-state index contributed by atoms with van der Waals surface area (Å²) in [6, 6.07) is 5.75. The van der Waals surface area contributed by atoms with E-state index in [4.69, 9.17) is 11.6 Å². The van der Waals surface area contributed by atoms with Crippen LogP contribution in [0, 0.1) is 6.92 Å². The van der Waals surface area contributed by atoms with Crippen molar-refractivity contribution in [3.05, 3.63) is 57.6 Å². The molecular weight excluding hydrogens is 327 g/mol. The number of hydrogen-bond acceptors (Lipinski definition) is 3. The lowest BCUT2D eigenvalue weighted by molar-refractivity contribution is -0.145. The minimum absolute atomic E-state index is 0.477. The molecule has 2 aromatic rings. The van der Waals surface area contributed by atoms with Crippen LogP contribution in [-0.2, 0) is 25.7 Å². The second-order valence-corrected chi connectivity index (χ2v) is 6.07. The minimum atomic E-state index is -4.50. The van der Waals surface area contributed by atoms with Crippen molar-refractivity contribution in [2.75, 3.05) is 6.54 Å². The van der Waals surface area contributed by atoms with E-state index < -0.39 is 12.0 Å². The Morgan fingerprint density at radius 1 is 1.30 bits per heavy atom. The Bertz CT molecular complexity index is 711. The lowest BCUT2D eigenvalue weighted by Crippen LogP contribution is -2.32. The molecule has 3 nitrogen and oxygen atoms in total. The Hall–Kier alpha value is -1.66. The van der Waals surface area contributed by atoms with Crippen LogP contribution in [0.5, 0.6) is 0 Å². The van der Waals surface area contributed by atoms with Gasteiger partial charge in [0.2, 0.25) is 5.82 Å². The topological polar surface area (TPSA) is 29.0 Å². The quantitative estimate of drug-likeness (QED) is 0.826. The van der Waals surface area contributed by atoms with Crippen LogP contribution in [-0.4, -0.2) is 21.4 Å². The Morgan fingerprint density at radius 2 is 2.09 bits per heavy atom. The molecule has 0 atom stereocenters. The van der Waals surface area contributed by atoms with Gasteiger partial charge >= 0.3 is 6.18 Å². The highest BCUT2D eigenvalue weighted by Gasteiger charge is 2.35. The van der Waals surface area contributed by atoms with Crippen molar-refractivity contribution in [2.45, 2.75) is 32.6 Å². The van der Waals surface area contributed by atoms with Crippen LogP contribution in [0.25, 0.3) is 0 Å². The van der Waals surface area contributed by atoms with Crippen LogP contribution in [0.1, 0.15) is 28.2 Å². The van der Waals surface area contributed by atoms with Gasteiger partial charge in [-0.15, -0.1) is 0 Å². The Kier molecular flexibility index (Phi) is 4.29. The Balaban J connectivity index is 1.79.